The predicted octanol–water partition coefficient (Wildman–Crippen LogP) is 0.978. The number of carbonyl (C=O) groups excluding carboxylic acids is 1. The van der Waals surface area contributed by atoms with Crippen molar-refractivity contribution in [1.82, 2.24) is 30.0 Å². The zero-order chi connectivity index (χ0) is 16.8. The summed E-state index contributed by atoms with van der Waals surface area (Å²) in [7, 11) is 0. The minimum absolute atomic E-state index is 0.0948. The Morgan fingerprint density at radius 3 is 2.92 bits per heavy atom. The molecule has 1 saturated heterocycles. The standard InChI is InChI=1S/C16H22N6O2/c23-15-10-14(18-12-19-15)11-17-16(24)21-7-2-13(3-8-21)4-9-22-6-1-5-20-22/h1,5-6,10,12-13H,2-4,7-9,11H2,(H,17,24)(H,18,19,23). The van der Waals surface area contributed by atoms with E-state index in [2.05, 4.69) is 20.4 Å². The van der Waals surface area contributed by atoms with Crippen LogP contribution in [-0.4, -0.2) is 43.8 Å². The molecule has 0 unspecified atom stereocenters. The van der Waals surface area contributed by atoms with Crippen LogP contribution in [0.5, 0.6) is 0 Å². The Morgan fingerprint density at radius 2 is 2.21 bits per heavy atom. The number of nitrogens with one attached hydrogen (secondary N) is 2. The number of urea groups is 1. The van der Waals surface area contributed by atoms with Crippen molar-refractivity contribution in [2.75, 3.05) is 13.1 Å². The summed E-state index contributed by atoms with van der Waals surface area (Å²) >= 11 is 0. The molecule has 24 heavy (non-hydrogen) atoms. The van der Waals surface area contributed by atoms with Crippen molar-refractivity contribution < 1.29 is 4.79 Å². The Morgan fingerprint density at radius 1 is 1.38 bits per heavy atom. The summed E-state index contributed by atoms with van der Waals surface area (Å²) in [5, 5.41) is 7.04. The lowest BCUT2D eigenvalue weighted by Gasteiger charge is -2.32. The highest BCUT2D eigenvalue weighted by Gasteiger charge is 2.22. The number of hydrogen-bond acceptors (Lipinski definition) is 4. The van der Waals surface area contributed by atoms with Crippen LogP contribution in [0.3, 0.4) is 0 Å². The molecule has 8 nitrogen and oxygen atoms in total. The molecule has 0 spiro atoms. The van der Waals surface area contributed by atoms with Crippen molar-refractivity contribution in [2.24, 2.45) is 5.92 Å². The number of H-pyrrole nitrogens is 1. The number of rotatable bonds is 5. The summed E-state index contributed by atoms with van der Waals surface area (Å²) in [5.41, 5.74) is 0.341. The highest BCUT2D eigenvalue weighted by Crippen LogP contribution is 2.21. The van der Waals surface area contributed by atoms with Crippen molar-refractivity contribution in [1.29, 1.82) is 0 Å². The van der Waals surface area contributed by atoms with Crippen molar-refractivity contribution in [3.8, 4) is 0 Å². The molecule has 1 fully saturated rings. The first-order valence-corrected chi connectivity index (χ1v) is 8.24. The maximum absolute atomic E-state index is 12.2. The number of nitrogens with zero attached hydrogens (tertiary/aromatic N) is 4. The summed E-state index contributed by atoms with van der Waals surface area (Å²) in [6.07, 6.45) is 8.23. The van der Waals surface area contributed by atoms with Gasteiger partial charge in [-0.25, -0.2) is 9.78 Å². The number of aryl methyl sites for hydroxylation is 1. The van der Waals surface area contributed by atoms with Crippen molar-refractivity contribution in [2.45, 2.75) is 32.4 Å². The van der Waals surface area contributed by atoms with E-state index in [1.807, 2.05) is 21.8 Å². The second-order valence-electron chi connectivity index (χ2n) is 6.05. The maximum Gasteiger partial charge on any atom is 0.317 e. The molecule has 2 N–H and O–H groups in total. The molecular formula is C16H22N6O2. The maximum atomic E-state index is 12.2. The van der Waals surface area contributed by atoms with E-state index in [1.165, 1.54) is 12.4 Å². The molecule has 3 rings (SSSR count). The fourth-order valence-electron chi connectivity index (χ4n) is 2.96. The van der Waals surface area contributed by atoms with Crippen LogP contribution in [0.25, 0.3) is 0 Å². The van der Waals surface area contributed by atoms with E-state index >= 15 is 0 Å². The zero-order valence-corrected chi connectivity index (χ0v) is 13.5. The Kier molecular flexibility index (Phi) is 5.25. The van der Waals surface area contributed by atoms with Gasteiger partial charge in [0, 0.05) is 38.1 Å². The summed E-state index contributed by atoms with van der Waals surface area (Å²) in [6.45, 7) is 2.72. The molecule has 0 saturated carbocycles. The molecule has 0 radical (unpaired) electrons. The normalized spacial score (nSPS) is 15.4. The number of aromatic nitrogens is 4. The Bertz CT molecular complexity index is 703. The molecular weight excluding hydrogens is 308 g/mol. The summed E-state index contributed by atoms with van der Waals surface area (Å²) in [4.78, 5) is 31.7. The van der Waals surface area contributed by atoms with Gasteiger partial charge in [-0.05, 0) is 31.2 Å². The number of aromatic amines is 1. The monoisotopic (exact) mass is 330 g/mol. The van der Waals surface area contributed by atoms with Gasteiger partial charge in [-0.3, -0.25) is 9.48 Å². The third-order valence-corrected chi connectivity index (χ3v) is 4.38. The van der Waals surface area contributed by atoms with Gasteiger partial charge in [-0.2, -0.15) is 5.10 Å². The van der Waals surface area contributed by atoms with Gasteiger partial charge in [0.1, 0.15) is 0 Å². The number of amides is 2. The molecule has 0 bridgehead atoms. The van der Waals surface area contributed by atoms with Gasteiger partial charge in [0.15, 0.2) is 0 Å². The van der Waals surface area contributed by atoms with E-state index in [4.69, 9.17) is 0 Å². The molecule has 0 atom stereocenters. The topological polar surface area (TPSA) is 95.9 Å². The van der Waals surface area contributed by atoms with E-state index in [-0.39, 0.29) is 18.1 Å². The number of likely N-dealkylation sites (tertiary alicyclic amines) is 1. The minimum atomic E-state index is -0.216. The summed E-state index contributed by atoms with van der Waals surface area (Å²) < 4.78 is 1.95. The summed E-state index contributed by atoms with van der Waals surface area (Å²) in [6, 6.07) is 3.23. The number of hydrogen-bond donors (Lipinski definition) is 2. The van der Waals surface area contributed by atoms with Crippen molar-refractivity contribution in [3.63, 3.8) is 0 Å². The minimum Gasteiger partial charge on any atom is -0.332 e. The Hall–Kier alpha value is -2.64. The fraction of sp³-hybridized carbons (Fsp3) is 0.500. The molecule has 3 heterocycles. The van der Waals surface area contributed by atoms with Gasteiger partial charge in [-0.1, -0.05) is 0 Å². The highest BCUT2D eigenvalue weighted by molar-refractivity contribution is 5.74. The molecule has 128 valence electrons. The van der Waals surface area contributed by atoms with Gasteiger partial charge in [0.2, 0.25) is 0 Å². The summed E-state index contributed by atoms with van der Waals surface area (Å²) in [5.74, 6) is 0.632. The van der Waals surface area contributed by atoms with Gasteiger partial charge < -0.3 is 15.2 Å². The molecule has 1 aliphatic rings. The van der Waals surface area contributed by atoms with Gasteiger partial charge in [0.25, 0.3) is 5.56 Å². The Labute approximate surface area is 139 Å². The van der Waals surface area contributed by atoms with Gasteiger partial charge in [0.05, 0.1) is 18.6 Å². The van der Waals surface area contributed by atoms with Crippen LogP contribution >= 0.6 is 0 Å². The quantitative estimate of drug-likeness (QED) is 0.854. The highest BCUT2D eigenvalue weighted by atomic mass is 16.2. The Balaban J connectivity index is 1.39. The second-order valence-corrected chi connectivity index (χ2v) is 6.05. The number of piperidine rings is 1. The number of carbonyl (C=O) groups is 1. The third kappa shape index (κ3) is 4.43. The van der Waals surface area contributed by atoms with Crippen LogP contribution in [0.2, 0.25) is 0 Å². The first-order valence-electron chi connectivity index (χ1n) is 8.24. The predicted molar refractivity (Wildman–Crippen MR) is 88.2 cm³/mol. The average molecular weight is 330 g/mol. The first kappa shape index (κ1) is 16.2. The average Bonchev–Trinajstić information content (AvgIpc) is 3.12. The SMILES string of the molecule is O=C(NCc1cc(=O)[nH]cn1)N1CCC(CCn2cccn2)CC1. The lowest BCUT2D eigenvalue weighted by molar-refractivity contribution is 0.166. The third-order valence-electron chi connectivity index (χ3n) is 4.38. The van der Waals surface area contributed by atoms with E-state index in [1.54, 1.807) is 6.20 Å². The van der Waals surface area contributed by atoms with Gasteiger partial charge >= 0.3 is 6.03 Å². The van der Waals surface area contributed by atoms with Gasteiger partial charge in [-0.15, -0.1) is 0 Å². The van der Waals surface area contributed by atoms with Crippen LogP contribution in [0.4, 0.5) is 4.79 Å². The lowest BCUT2D eigenvalue weighted by atomic mass is 9.94. The van der Waals surface area contributed by atoms with Crippen LogP contribution in [-0.2, 0) is 13.1 Å². The fourth-order valence-corrected chi connectivity index (χ4v) is 2.96. The molecule has 2 amide bonds. The molecule has 2 aromatic rings. The molecule has 0 aromatic carbocycles. The molecule has 1 aliphatic heterocycles. The van der Waals surface area contributed by atoms with Crippen molar-refractivity contribution >= 4 is 6.03 Å². The van der Waals surface area contributed by atoms with Crippen LogP contribution in [0.15, 0.2) is 35.6 Å². The zero-order valence-electron chi connectivity index (χ0n) is 13.5. The largest absolute Gasteiger partial charge is 0.332 e. The van der Waals surface area contributed by atoms with Crippen LogP contribution in [0.1, 0.15) is 25.0 Å². The molecule has 2 aromatic heterocycles. The second kappa shape index (κ2) is 7.76. The van der Waals surface area contributed by atoms with Crippen LogP contribution in [0, 0.1) is 5.92 Å². The van der Waals surface area contributed by atoms with E-state index in [0.29, 0.717) is 11.6 Å². The first-order chi connectivity index (χ1) is 11.7. The van der Waals surface area contributed by atoms with Crippen LogP contribution < -0.4 is 10.9 Å². The smallest absolute Gasteiger partial charge is 0.317 e. The van der Waals surface area contributed by atoms with Crippen molar-refractivity contribution in [3.05, 3.63) is 46.9 Å². The lowest BCUT2D eigenvalue weighted by Crippen LogP contribution is -2.44. The van der Waals surface area contributed by atoms with E-state index in [9.17, 15) is 9.59 Å². The molecule has 0 aliphatic carbocycles. The van der Waals surface area contributed by atoms with E-state index < -0.39 is 0 Å². The van der Waals surface area contributed by atoms with E-state index in [0.717, 1.165) is 38.9 Å². The molecule has 8 heteroatoms.